The van der Waals surface area contributed by atoms with Crippen LogP contribution in [0.25, 0.3) is 10.9 Å². The van der Waals surface area contributed by atoms with Crippen molar-refractivity contribution < 1.29 is 14.2 Å². The van der Waals surface area contributed by atoms with Gasteiger partial charge in [0.25, 0.3) is 5.56 Å². The third kappa shape index (κ3) is 3.73. The number of aromatic amines is 1. The van der Waals surface area contributed by atoms with Gasteiger partial charge in [0.1, 0.15) is 23.5 Å². The van der Waals surface area contributed by atoms with Crippen molar-refractivity contribution in [1.82, 2.24) is 9.97 Å². The van der Waals surface area contributed by atoms with Crippen molar-refractivity contribution in [2.24, 2.45) is 0 Å². The lowest BCUT2D eigenvalue weighted by Gasteiger charge is -2.29. The summed E-state index contributed by atoms with van der Waals surface area (Å²) in [6.07, 6.45) is 1.42. The number of ether oxygens (including phenoxy) is 3. The number of fused-ring (bicyclic) bond motifs is 1. The summed E-state index contributed by atoms with van der Waals surface area (Å²) in [7, 11) is 1.63. The molecule has 0 radical (unpaired) electrons. The molecule has 7 nitrogen and oxygen atoms in total. The van der Waals surface area contributed by atoms with E-state index in [0.29, 0.717) is 36.5 Å². The smallest absolute Gasteiger partial charge is 0.262 e. The van der Waals surface area contributed by atoms with Gasteiger partial charge >= 0.3 is 0 Å². The largest absolute Gasteiger partial charge is 0.497 e. The lowest BCUT2D eigenvalue weighted by molar-refractivity contribution is 0.122. The number of nitrogens with zero attached hydrogens (tertiary/aromatic N) is 2. The fraction of sp³-hybridized carbons (Fsp3) is 0.300. The van der Waals surface area contributed by atoms with E-state index in [-0.39, 0.29) is 5.56 Å². The summed E-state index contributed by atoms with van der Waals surface area (Å²) in [5, 5.41) is 0.461. The summed E-state index contributed by atoms with van der Waals surface area (Å²) in [5.74, 6) is 1.32. The van der Waals surface area contributed by atoms with E-state index in [4.69, 9.17) is 14.2 Å². The molecule has 2 heterocycles. The van der Waals surface area contributed by atoms with Crippen LogP contribution in [0.1, 0.15) is 5.56 Å². The maximum Gasteiger partial charge on any atom is 0.262 e. The van der Waals surface area contributed by atoms with E-state index in [2.05, 4.69) is 14.9 Å². The average Bonchev–Trinajstić information content (AvgIpc) is 2.73. The van der Waals surface area contributed by atoms with Crippen LogP contribution in [-0.2, 0) is 11.3 Å². The lowest BCUT2D eigenvalue weighted by atomic mass is 10.1. The van der Waals surface area contributed by atoms with Gasteiger partial charge in [0, 0.05) is 24.8 Å². The summed E-state index contributed by atoms with van der Waals surface area (Å²) < 4.78 is 16.6. The maximum absolute atomic E-state index is 12.4. The molecular weight excluding hydrogens is 346 g/mol. The van der Waals surface area contributed by atoms with Crippen LogP contribution in [0.4, 0.5) is 5.69 Å². The Bertz CT molecular complexity index is 979. The lowest BCUT2D eigenvalue weighted by Crippen LogP contribution is -2.36. The van der Waals surface area contributed by atoms with E-state index in [9.17, 15) is 4.79 Å². The fourth-order valence-electron chi connectivity index (χ4n) is 3.15. The van der Waals surface area contributed by atoms with Gasteiger partial charge in [-0.25, -0.2) is 4.98 Å². The van der Waals surface area contributed by atoms with Gasteiger partial charge in [0.15, 0.2) is 0 Å². The first-order valence-corrected chi connectivity index (χ1v) is 8.84. The number of nitrogens with one attached hydrogen (secondary N) is 1. The van der Waals surface area contributed by atoms with Crippen LogP contribution >= 0.6 is 0 Å². The van der Waals surface area contributed by atoms with Crippen LogP contribution in [0.15, 0.2) is 47.5 Å². The summed E-state index contributed by atoms with van der Waals surface area (Å²) in [5.41, 5.74) is 2.38. The van der Waals surface area contributed by atoms with Crippen molar-refractivity contribution in [3.8, 4) is 11.5 Å². The molecule has 0 amide bonds. The molecule has 2 aromatic carbocycles. The third-order valence-electron chi connectivity index (χ3n) is 4.62. The molecule has 0 saturated carbocycles. The number of aromatic nitrogens is 2. The Kier molecular flexibility index (Phi) is 4.93. The molecule has 1 saturated heterocycles. The Balaban J connectivity index is 1.67. The average molecular weight is 367 g/mol. The first-order chi connectivity index (χ1) is 13.2. The third-order valence-corrected chi connectivity index (χ3v) is 4.62. The molecule has 0 aliphatic carbocycles. The first-order valence-electron chi connectivity index (χ1n) is 8.84. The number of hydrogen-bond donors (Lipinski definition) is 1. The second-order valence-electron chi connectivity index (χ2n) is 6.31. The minimum absolute atomic E-state index is 0.210. The zero-order valence-electron chi connectivity index (χ0n) is 15.1. The van der Waals surface area contributed by atoms with Crippen LogP contribution < -0.4 is 19.9 Å². The molecule has 0 bridgehead atoms. The SMILES string of the molecule is COc1ccc(COc2cc(N3CCOCC3)cc3nc[nH]c(=O)c23)cc1. The molecule has 1 aliphatic rings. The fourth-order valence-corrected chi connectivity index (χ4v) is 3.15. The van der Waals surface area contributed by atoms with Crippen LogP contribution in [0, 0.1) is 0 Å². The van der Waals surface area contributed by atoms with Crippen LogP contribution in [0.2, 0.25) is 0 Å². The standard InChI is InChI=1S/C20H21N3O4/c1-25-16-4-2-14(3-5-16)12-27-18-11-15(23-6-8-26-9-7-23)10-17-19(18)20(24)22-13-21-17/h2-5,10-11,13H,6-9,12H2,1H3,(H,21,22,24). The molecule has 0 unspecified atom stereocenters. The highest BCUT2D eigenvalue weighted by Gasteiger charge is 2.16. The highest BCUT2D eigenvalue weighted by Crippen LogP contribution is 2.30. The van der Waals surface area contributed by atoms with Gasteiger partial charge in [-0.1, -0.05) is 12.1 Å². The Morgan fingerprint density at radius 3 is 2.70 bits per heavy atom. The molecule has 1 aliphatic heterocycles. The number of morpholine rings is 1. The topological polar surface area (TPSA) is 76.7 Å². The van der Waals surface area contributed by atoms with Gasteiger partial charge in [-0.15, -0.1) is 0 Å². The molecule has 1 N–H and O–H groups in total. The summed E-state index contributed by atoms with van der Waals surface area (Å²) in [4.78, 5) is 21.5. The summed E-state index contributed by atoms with van der Waals surface area (Å²) in [6, 6.07) is 11.5. The highest BCUT2D eigenvalue weighted by molar-refractivity contribution is 5.88. The number of rotatable bonds is 5. The molecule has 4 rings (SSSR count). The minimum Gasteiger partial charge on any atom is -0.497 e. The zero-order valence-corrected chi connectivity index (χ0v) is 15.1. The quantitative estimate of drug-likeness (QED) is 0.746. The van der Waals surface area contributed by atoms with Crippen molar-refractivity contribution in [1.29, 1.82) is 0 Å². The molecule has 0 atom stereocenters. The van der Waals surface area contributed by atoms with E-state index in [1.54, 1.807) is 7.11 Å². The molecular formula is C20H21N3O4. The second-order valence-corrected chi connectivity index (χ2v) is 6.31. The second kappa shape index (κ2) is 7.67. The van der Waals surface area contributed by atoms with Crippen LogP contribution in [-0.4, -0.2) is 43.4 Å². The number of methoxy groups -OCH3 is 1. The molecule has 27 heavy (non-hydrogen) atoms. The van der Waals surface area contributed by atoms with Crippen molar-refractivity contribution in [3.63, 3.8) is 0 Å². The molecule has 140 valence electrons. The summed E-state index contributed by atoms with van der Waals surface area (Å²) >= 11 is 0. The molecule has 1 aromatic heterocycles. The van der Waals surface area contributed by atoms with E-state index in [1.165, 1.54) is 6.33 Å². The Labute approximate surface area is 156 Å². The van der Waals surface area contributed by atoms with Gasteiger partial charge in [-0.05, 0) is 23.8 Å². The van der Waals surface area contributed by atoms with Gasteiger partial charge in [0.2, 0.25) is 0 Å². The maximum atomic E-state index is 12.4. The minimum atomic E-state index is -0.210. The number of anilines is 1. The molecule has 7 heteroatoms. The van der Waals surface area contributed by atoms with Crippen LogP contribution in [0.3, 0.4) is 0 Å². The number of hydrogen-bond acceptors (Lipinski definition) is 6. The van der Waals surface area contributed by atoms with Gasteiger partial charge in [-0.2, -0.15) is 0 Å². The predicted octanol–water partition coefficient (Wildman–Crippen LogP) is 2.35. The van der Waals surface area contributed by atoms with Crippen molar-refractivity contribution in [2.75, 3.05) is 38.3 Å². The van der Waals surface area contributed by atoms with E-state index < -0.39 is 0 Å². The van der Waals surface area contributed by atoms with E-state index in [0.717, 1.165) is 30.1 Å². The summed E-state index contributed by atoms with van der Waals surface area (Å²) in [6.45, 7) is 3.31. The predicted molar refractivity (Wildman–Crippen MR) is 103 cm³/mol. The number of benzene rings is 2. The number of H-pyrrole nitrogens is 1. The van der Waals surface area contributed by atoms with Crippen molar-refractivity contribution in [3.05, 3.63) is 58.6 Å². The normalized spacial score (nSPS) is 14.3. The monoisotopic (exact) mass is 367 g/mol. The van der Waals surface area contributed by atoms with E-state index >= 15 is 0 Å². The molecule has 3 aromatic rings. The Morgan fingerprint density at radius 2 is 1.96 bits per heavy atom. The van der Waals surface area contributed by atoms with Gasteiger partial charge in [-0.3, -0.25) is 4.79 Å². The van der Waals surface area contributed by atoms with Crippen LogP contribution in [0.5, 0.6) is 11.5 Å². The Hall–Kier alpha value is -3.06. The first kappa shape index (κ1) is 17.4. The zero-order chi connectivity index (χ0) is 18.6. The highest BCUT2D eigenvalue weighted by atomic mass is 16.5. The Morgan fingerprint density at radius 1 is 1.19 bits per heavy atom. The van der Waals surface area contributed by atoms with Crippen molar-refractivity contribution in [2.45, 2.75) is 6.61 Å². The molecule has 0 spiro atoms. The van der Waals surface area contributed by atoms with Gasteiger partial charge in [0.05, 0.1) is 32.2 Å². The van der Waals surface area contributed by atoms with E-state index in [1.807, 2.05) is 36.4 Å². The van der Waals surface area contributed by atoms with Crippen molar-refractivity contribution >= 4 is 16.6 Å². The molecule has 1 fully saturated rings. The van der Waals surface area contributed by atoms with Gasteiger partial charge < -0.3 is 24.1 Å².